The maximum absolute atomic E-state index is 13.4. The highest BCUT2D eigenvalue weighted by Gasteiger charge is 2.30. The predicted octanol–water partition coefficient (Wildman–Crippen LogP) is 5.01. The molecular formula is C20H20Cl2N2O4S. The molecule has 3 aromatic rings. The first-order chi connectivity index (χ1) is 13.5. The van der Waals surface area contributed by atoms with Gasteiger partial charge in [-0.2, -0.15) is 0 Å². The molecule has 29 heavy (non-hydrogen) atoms. The minimum atomic E-state index is -4.15. The molecule has 154 valence electrons. The number of hydrogen-bond donors (Lipinski definition) is 1. The summed E-state index contributed by atoms with van der Waals surface area (Å²) in [5, 5.41) is 1.15. The molecular weight excluding hydrogens is 435 g/mol. The zero-order valence-electron chi connectivity index (χ0n) is 16.1. The largest absolute Gasteiger partial charge is 0.459 e. The summed E-state index contributed by atoms with van der Waals surface area (Å²) in [7, 11) is -4.15. The van der Waals surface area contributed by atoms with Gasteiger partial charge in [-0.3, -0.25) is 9.10 Å². The number of hydrogen-bond acceptors (Lipinski definition) is 4. The van der Waals surface area contributed by atoms with E-state index >= 15 is 0 Å². The number of anilines is 1. The van der Waals surface area contributed by atoms with Crippen molar-refractivity contribution in [3.63, 3.8) is 0 Å². The summed E-state index contributed by atoms with van der Waals surface area (Å²) in [5.41, 5.74) is 0.407. The van der Waals surface area contributed by atoms with Gasteiger partial charge in [0.05, 0.1) is 10.6 Å². The number of rotatable bonds is 5. The van der Waals surface area contributed by atoms with Crippen LogP contribution in [0, 0.1) is 0 Å². The summed E-state index contributed by atoms with van der Waals surface area (Å²) in [6.45, 7) is 4.64. The van der Waals surface area contributed by atoms with Gasteiger partial charge in [-0.25, -0.2) is 8.42 Å². The third-order valence-electron chi connectivity index (χ3n) is 3.94. The fraction of sp³-hybridized carbons (Fsp3) is 0.250. The van der Waals surface area contributed by atoms with E-state index in [1.54, 1.807) is 45.2 Å². The number of aromatic amines is 1. The SMILES string of the molecule is CC(C)(C)OC(=O)CN(c1ccc2[nH]ccc2c1)S(=O)(=O)c1cc(Cl)cc(Cl)c1. The van der Waals surface area contributed by atoms with Crippen LogP contribution in [0.4, 0.5) is 5.69 Å². The molecule has 0 unspecified atom stereocenters. The number of aromatic nitrogens is 1. The van der Waals surface area contributed by atoms with Crippen LogP contribution < -0.4 is 4.31 Å². The number of ether oxygens (including phenoxy) is 1. The van der Waals surface area contributed by atoms with E-state index < -0.39 is 28.1 Å². The highest BCUT2D eigenvalue weighted by molar-refractivity contribution is 7.92. The van der Waals surface area contributed by atoms with Crippen LogP contribution in [0.3, 0.4) is 0 Å². The van der Waals surface area contributed by atoms with Gasteiger partial charge in [0, 0.05) is 27.1 Å². The number of H-pyrrole nitrogens is 1. The number of sulfonamides is 1. The molecule has 0 aliphatic rings. The molecule has 1 N–H and O–H groups in total. The van der Waals surface area contributed by atoms with Crippen LogP contribution in [0.1, 0.15) is 20.8 Å². The van der Waals surface area contributed by atoms with Crippen LogP contribution in [0.15, 0.2) is 53.6 Å². The molecule has 0 bridgehead atoms. The topological polar surface area (TPSA) is 79.5 Å². The number of halogens is 2. The van der Waals surface area contributed by atoms with Crippen LogP contribution in [-0.4, -0.2) is 31.5 Å². The third-order valence-corrected chi connectivity index (χ3v) is 6.13. The molecule has 0 fully saturated rings. The Bertz CT molecular complexity index is 1150. The average molecular weight is 455 g/mol. The Labute approximate surface area is 179 Å². The lowest BCUT2D eigenvalue weighted by atomic mass is 10.2. The van der Waals surface area contributed by atoms with Crippen molar-refractivity contribution < 1.29 is 17.9 Å². The molecule has 0 aliphatic heterocycles. The van der Waals surface area contributed by atoms with E-state index in [0.717, 1.165) is 15.2 Å². The smallest absolute Gasteiger partial charge is 0.327 e. The van der Waals surface area contributed by atoms with Crippen molar-refractivity contribution in [1.82, 2.24) is 4.98 Å². The van der Waals surface area contributed by atoms with Gasteiger partial charge in [-0.1, -0.05) is 23.2 Å². The fourth-order valence-electron chi connectivity index (χ4n) is 2.81. The summed E-state index contributed by atoms with van der Waals surface area (Å²) < 4.78 is 33.1. The molecule has 3 rings (SSSR count). The Balaban J connectivity index is 2.09. The first-order valence-electron chi connectivity index (χ1n) is 8.73. The number of carbonyl (C=O) groups excluding carboxylic acids is 1. The number of nitrogens with zero attached hydrogens (tertiary/aromatic N) is 1. The molecule has 0 saturated carbocycles. The second-order valence-electron chi connectivity index (χ2n) is 7.45. The second-order valence-corrected chi connectivity index (χ2v) is 10.2. The number of nitrogens with one attached hydrogen (secondary N) is 1. The second kappa shape index (κ2) is 7.89. The number of benzene rings is 2. The van der Waals surface area contributed by atoms with Gasteiger partial charge < -0.3 is 9.72 Å². The molecule has 6 nitrogen and oxygen atoms in total. The highest BCUT2D eigenvalue weighted by atomic mass is 35.5. The zero-order valence-corrected chi connectivity index (χ0v) is 18.4. The van der Waals surface area contributed by atoms with E-state index in [1.165, 1.54) is 18.2 Å². The van der Waals surface area contributed by atoms with Crippen molar-refractivity contribution in [3.05, 3.63) is 58.7 Å². The van der Waals surface area contributed by atoms with Gasteiger partial charge in [0.2, 0.25) is 0 Å². The molecule has 0 aliphatic carbocycles. The van der Waals surface area contributed by atoms with E-state index in [1.807, 2.05) is 6.07 Å². The molecule has 2 aromatic carbocycles. The zero-order chi connectivity index (χ0) is 21.4. The van der Waals surface area contributed by atoms with Crippen LogP contribution in [0.5, 0.6) is 0 Å². The highest BCUT2D eigenvalue weighted by Crippen LogP contribution is 2.30. The summed E-state index contributed by atoms with van der Waals surface area (Å²) in [6.07, 6.45) is 1.75. The van der Waals surface area contributed by atoms with E-state index in [9.17, 15) is 13.2 Å². The number of fused-ring (bicyclic) bond motifs is 1. The van der Waals surface area contributed by atoms with E-state index in [0.29, 0.717) is 5.69 Å². The first-order valence-corrected chi connectivity index (χ1v) is 10.9. The standard InChI is InChI=1S/C20H20Cl2N2O4S/c1-20(2,3)28-19(25)12-24(16-4-5-18-13(8-16)6-7-23-18)29(26,27)17-10-14(21)9-15(22)11-17/h4-11,23H,12H2,1-3H3. The number of carbonyl (C=O) groups is 1. The molecule has 1 heterocycles. The van der Waals surface area contributed by atoms with E-state index in [-0.39, 0.29) is 14.9 Å². The molecule has 0 radical (unpaired) electrons. The quantitative estimate of drug-likeness (QED) is 0.549. The van der Waals surface area contributed by atoms with Crippen LogP contribution in [0.25, 0.3) is 10.9 Å². The van der Waals surface area contributed by atoms with Crippen molar-refractivity contribution in [2.45, 2.75) is 31.3 Å². The Morgan fingerprint density at radius 2 is 1.72 bits per heavy atom. The maximum Gasteiger partial charge on any atom is 0.327 e. The Kier molecular flexibility index (Phi) is 5.85. The van der Waals surface area contributed by atoms with Gasteiger partial charge in [-0.05, 0) is 63.2 Å². The van der Waals surface area contributed by atoms with Crippen molar-refractivity contribution in [2.75, 3.05) is 10.8 Å². The summed E-state index contributed by atoms with van der Waals surface area (Å²) in [4.78, 5) is 15.4. The minimum absolute atomic E-state index is 0.118. The van der Waals surface area contributed by atoms with E-state index in [4.69, 9.17) is 27.9 Å². The average Bonchev–Trinajstić information content (AvgIpc) is 3.04. The predicted molar refractivity (Wildman–Crippen MR) is 115 cm³/mol. The fourth-order valence-corrected chi connectivity index (χ4v) is 4.93. The summed E-state index contributed by atoms with van der Waals surface area (Å²) >= 11 is 12.0. The van der Waals surface area contributed by atoms with Gasteiger partial charge in [0.15, 0.2) is 0 Å². The molecule has 0 amide bonds. The Hall–Kier alpha value is -2.22. The first kappa shape index (κ1) is 21.5. The molecule has 0 spiro atoms. The number of esters is 1. The summed E-state index contributed by atoms with van der Waals surface area (Å²) in [5.74, 6) is -0.677. The van der Waals surface area contributed by atoms with Crippen molar-refractivity contribution in [3.8, 4) is 0 Å². The lowest BCUT2D eigenvalue weighted by Gasteiger charge is -2.26. The lowest BCUT2D eigenvalue weighted by Crippen LogP contribution is -2.39. The van der Waals surface area contributed by atoms with Crippen molar-refractivity contribution >= 4 is 55.8 Å². The van der Waals surface area contributed by atoms with Crippen LogP contribution in [-0.2, 0) is 19.6 Å². The van der Waals surface area contributed by atoms with Crippen LogP contribution in [0.2, 0.25) is 10.0 Å². The van der Waals surface area contributed by atoms with Gasteiger partial charge in [0.25, 0.3) is 10.0 Å². The molecule has 0 atom stereocenters. The normalized spacial score (nSPS) is 12.2. The molecule has 9 heteroatoms. The van der Waals surface area contributed by atoms with E-state index in [2.05, 4.69) is 4.98 Å². The maximum atomic E-state index is 13.4. The molecule has 0 saturated heterocycles. The van der Waals surface area contributed by atoms with Crippen molar-refractivity contribution in [1.29, 1.82) is 0 Å². The van der Waals surface area contributed by atoms with Gasteiger partial charge in [-0.15, -0.1) is 0 Å². The third kappa shape index (κ3) is 5.04. The minimum Gasteiger partial charge on any atom is -0.459 e. The van der Waals surface area contributed by atoms with Gasteiger partial charge >= 0.3 is 5.97 Å². The molecule has 1 aromatic heterocycles. The van der Waals surface area contributed by atoms with Gasteiger partial charge in [0.1, 0.15) is 12.1 Å². The van der Waals surface area contributed by atoms with Crippen molar-refractivity contribution in [2.24, 2.45) is 0 Å². The van der Waals surface area contributed by atoms with Crippen LogP contribution >= 0.6 is 23.2 Å². The Morgan fingerprint density at radius 1 is 1.07 bits per heavy atom. The monoisotopic (exact) mass is 454 g/mol. The summed E-state index contributed by atoms with van der Waals surface area (Å²) in [6, 6.07) is 10.9. The Morgan fingerprint density at radius 3 is 2.34 bits per heavy atom. The lowest BCUT2D eigenvalue weighted by molar-refractivity contribution is -0.152.